The Hall–Kier alpha value is -0.360. The molecule has 6 heteroatoms. The van der Waals surface area contributed by atoms with Crippen LogP contribution in [0.2, 0.25) is 0 Å². The number of likely N-dealkylation sites (tertiary alicyclic amines) is 1. The molecule has 0 aliphatic carbocycles. The fourth-order valence-electron chi connectivity index (χ4n) is 2.33. The Morgan fingerprint density at radius 1 is 1.21 bits per heavy atom. The average Bonchev–Trinajstić information content (AvgIpc) is 2.97. The van der Waals surface area contributed by atoms with Crippen molar-refractivity contribution in [1.29, 1.82) is 0 Å². The summed E-state index contributed by atoms with van der Waals surface area (Å²) in [6.07, 6.45) is 1.62. The minimum atomic E-state index is -0.493. The van der Waals surface area contributed by atoms with Crippen LogP contribution in [0.25, 0.3) is 0 Å². The van der Waals surface area contributed by atoms with Crippen LogP contribution >= 0.6 is 21.6 Å². The summed E-state index contributed by atoms with van der Waals surface area (Å²) in [6, 6.07) is -0.373. The van der Waals surface area contributed by atoms with Crippen molar-refractivity contribution < 1.29 is 14.3 Å². The Labute approximate surface area is 122 Å². The summed E-state index contributed by atoms with van der Waals surface area (Å²) < 4.78 is 5.42. The molecule has 1 atom stereocenters. The number of carbonyl (C=O) groups is 2. The van der Waals surface area contributed by atoms with Gasteiger partial charge in [-0.1, -0.05) is 21.6 Å². The van der Waals surface area contributed by atoms with Crippen molar-refractivity contribution in [2.75, 3.05) is 18.1 Å². The van der Waals surface area contributed by atoms with E-state index in [0.29, 0.717) is 6.54 Å². The lowest BCUT2D eigenvalue weighted by atomic mass is 10.1. The standard InChI is InChI=1S/C13H21NO3S2/c1-13(2,3)17-12(16)10-5-4-6-14(10)11(15)9-7-18-19-8-9/h9-10H,4-8H2,1-3H3/t10-/m0/s1. The van der Waals surface area contributed by atoms with E-state index in [4.69, 9.17) is 4.74 Å². The first-order valence-corrected chi connectivity index (χ1v) is 9.15. The summed E-state index contributed by atoms with van der Waals surface area (Å²) in [5.41, 5.74) is -0.493. The van der Waals surface area contributed by atoms with Gasteiger partial charge < -0.3 is 9.64 Å². The van der Waals surface area contributed by atoms with E-state index in [-0.39, 0.29) is 23.8 Å². The van der Waals surface area contributed by atoms with Gasteiger partial charge in [-0.15, -0.1) is 0 Å². The van der Waals surface area contributed by atoms with Crippen molar-refractivity contribution in [2.45, 2.75) is 45.3 Å². The molecule has 2 fully saturated rings. The van der Waals surface area contributed by atoms with Crippen molar-refractivity contribution in [3.8, 4) is 0 Å². The highest BCUT2D eigenvalue weighted by Crippen LogP contribution is 2.36. The van der Waals surface area contributed by atoms with Gasteiger partial charge in [0.2, 0.25) is 5.91 Å². The van der Waals surface area contributed by atoms with Crippen LogP contribution in [0, 0.1) is 5.92 Å². The zero-order chi connectivity index (χ0) is 14.0. The van der Waals surface area contributed by atoms with E-state index in [1.165, 1.54) is 0 Å². The van der Waals surface area contributed by atoms with Gasteiger partial charge in [0.05, 0.1) is 5.92 Å². The van der Waals surface area contributed by atoms with Gasteiger partial charge in [0.25, 0.3) is 0 Å². The van der Waals surface area contributed by atoms with Crippen LogP contribution in [-0.2, 0) is 14.3 Å². The van der Waals surface area contributed by atoms with Gasteiger partial charge in [0.15, 0.2) is 0 Å². The highest BCUT2D eigenvalue weighted by atomic mass is 33.1. The van der Waals surface area contributed by atoms with Crippen molar-refractivity contribution in [1.82, 2.24) is 4.90 Å². The molecule has 0 bridgehead atoms. The largest absolute Gasteiger partial charge is 0.458 e. The van der Waals surface area contributed by atoms with Gasteiger partial charge >= 0.3 is 5.97 Å². The fourth-order valence-corrected chi connectivity index (χ4v) is 5.09. The Balaban J connectivity index is 2.00. The lowest BCUT2D eigenvalue weighted by Crippen LogP contribution is -2.46. The molecule has 19 heavy (non-hydrogen) atoms. The van der Waals surface area contributed by atoms with Crippen LogP contribution in [0.5, 0.6) is 0 Å². The number of hydrogen-bond donors (Lipinski definition) is 0. The minimum absolute atomic E-state index is 0.0676. The van der Waals surface area contributed by atoms with Gasteiger partial charge in [0.1, 0.15) is 11.6 Å². The van der Waals surface area contributed by atoms with Gasteiger partial charge in [0, 0.05) is 18.1 Å². The number of ether oxygens (including phenoxy) is 1. The predicted molar refractivity (Wildman–Crippen MR) is 79.0 cm³/mol. The van der Waals surface area contributed by atoms with E-state index in [2.05, 4.69) is 0 Å². The second kappa shape index (κ2) is 5.95. The first-order valence-electron chi connectivity index (χ1n) is 6.66. The van der Waals surface area contributed by atoms with E-state index >= 15 is 0 Å². The molecule has 2 aliphatic rings. The molecular weight excluding hydrogens is 282 g/mol. The molecule has 1 amide bonds. The van der Waals surface area contributed by atoms with Crippen LogP contribution in [0.4, 0.5) is 0 Å². The topological polar surface area (TPSA) is 46.6 Å². The molecule has 0 aromatic carbocycles. The van der Waals surface area contributed by atoms with Gasteiger partial charge in [-0.3, -0.25) is 4.79 Å². The molecule has 0 saturated carbocycles. The van der Waals surface area contributed by atoms with Gasteiger partial charge in [-0.25, -0.2) is 4.79 Å². The lowest BCUT2D eigenvalue weighted by Gasteiger charge is -2.28. The molecule has 2 rings (SSSR count). The van der Waals surface area contributed by atoms with Crippen molar-refractivity contribution in [2.24, 2.45) is 5.92 Å². The molecular formula is C13H21NO3S2. The van der Waals surface area contributed by atoms with Crippen molar-refractivity contribution in [3.05, 3.63) is 0 Å². The monoisotopic (exact) mass is 303 g/mol. The third-order valence-electron chi connectivity index (χ3n) is 3.19. The van der Waals surface area contributed by atoms with E-state index in [1.54, 1.807) is 26.5 Å². The molecule has 0 unspecified atom stereocenters. The van der Waals surface area contributed by atoms with Crippen LogP contribution in [0.1, 0.15) is 33.6 Å². The summed E-state index contributed by atoms with van der Waals surface area (Å²) >= 11 is 0. The quantitative estimate of drug-likeness (QED) is 0.579. The minimum Gasteiger partial charge on any atom is -0.458 e. The maximum absolute atomic E-state index is 12.4. The molecule has 0 aromatic heterocycles. The first kappa shape index (κ1) is 15.0. The molecule has 108 valence electrons. The molecule has 2 saturated heterocycles. The van der Waals surface area contributed by atoms with E-state index in [9.17, 15) is 9.59 Å². The van der Waals surface area contributed by atoms with Gasteiger partial charge in [-0.05, 0) is 33.6 Å². The predicted octanol–water partition coefficient (Wildman–Crippen LogP) is 2.33. The summed E-state index contributed by atoms with van der Waals surface area (Å²) in [5.74, 6) is 1.67. The fraction of sp³-hybridized carbons (Fsp3) is 0.846. The number of rotatable bonds is 2. The zero-order valence-electron chi connectivity index (χ0n) is 11.7. The van der Waals surface area contributed by atoms with Crippen molar-refractivity contribution >= 4 is 33.5 Å². The van der Waals surface area contributed by atoms with Crippen LogP contribution < -0.4 is 0 Å². The third-order valence-corrected chi connectivity index (χ3v) is 5.75. The van der Waals surface area contributed by atoms with Crippen LogP contribution in [0.15, 0.2) is 0 Å². The normalized spacial score (nSPS) is 24.8. The molecule has 0 N–H and O–H groups in total. The Morgan fingerprint density at radius 2 is 1.84 bits per heavy atom. The lowest BCUT2D eigenvalue weighted by molar-refractivity contribution is -0.163. The molecule has 2 heterocycles. The second-order valence-corrected chi connectivity index (χ2v) is 8.54. The average molecular weight is 303 g/mol. The molecule has 2 aliphatic heterocycles. The van der Waals surface area contributed by atoms with E-state index in [1.807, 2.05) is 20.8 Å². The Bertz CT molecular complexity index is 361. The second-order valence-electron chi connectivity index (χ2n) is 5.99. The number of esters is 1. The number of hydrogen-bond acceptors (Lipinski definition) is 5. The highest BCUT2D eigenvalue weighted by Gasteiger charge is 2.40. The Morgan fingerprint density at radius 3 is 2.42 bits per heavy atom. The smallest absolute Gasteiger partial charge is 0.329 e. The molecule has 0 aromatic rings. The van der Waals surface area contributed by atoms with Gasteiger partial charge in [-0.2, -0.15) is 0 Å². The number of nitrogens with zero attached hydrogens (tertiary/aromatic N) is 1. The molecule has 0 spiro atoms. The van der Waals surface area contributed by atoms with Crippen molar-refractivity contribution in [3.63, 3.8) is 0 Å². The molecule has 4 nitrogen and oxygen atoms in total. The van der Waals surface area contributed by atoms with Crippen LogP contribution in [0.3, 0.4) is 0 Å². The molecule has 0 radical (unpaired) electrons. The van der Waals surface area contributed by atoms with Crippen LogP contribution in [-0.4, -0.2) is 46.5 Å². The summed E-state index contributed by atoms with van der Waals surface area (Å²) in [7, 11) is 3.48. The highest BCUT2D eigenvalue weighted by molar-refractivity contribution is 8.77. The van der Waals surface area contributed by atoms with E-state index in [0.717, 1.165) is 24.3 Å². The maximum Gasteiger partial charge on any atom is 0.329 e. The Kier molecular flexibility index (Phi) is 4.71. The zero-order valence-corrected chi connectivity index (χ0v) is 13.3. The first-order chi connectivity index (χ1) is 8.88. The maximum atomic E-state index is 12.4. The third kappa shape index (κ3) is 3.81. The summed E-state index contributed by atoms with van der Waals surface area (Å²) in [5, 5.41) is 0. The van der Waals surface area contributed by atoms with E-state index < -0.39 is 5.60 Å². The SMILES string of the molecule is CC(C)(C)OC(=O)[C@@H]1CCCN1C(=O)C1CSSC1. The summed E-state index contributed by atoms with van der Waals surface area (Å²) in [6.45, 7) is 6.26. The number of amides is 1. The summed E-state index contributed by atoms with van der Waals surface area (Å²) in [4.78, 5) is 26.3. The number of carbonyl (C=O) groups excluding carboxylic acids is 2.